The Hall–Kier alpha value is -3.49. The van der Waals surface area contributed by atoms with Crippen molar-refractivity contribution in [2.75, 3.05) is 25.5 Å². The first-order chi connectivity index (χ1) is 21.1. The molecule has 3 aliphatic heterocycles. The summed E-state index contributed by atoms with van der Waals surface area (Å²) in [5.74, 6) is -1.23. The van der Waals surface area contributed by atoms with Crippen LogP contribution in [0.3, 0.4) is 0 Å². The average molecular weight is 599 g/mol. The summed E-state index contributed by atoms with van der Waals surface area (Å²) in [6.45, 7) is 10.2. The highest BCUT2D eigenvalue weighted by Gasteiger charge is 2.72. The number of amides is 3. The summed E-state index contributed by atoms with van der Waals surface area (Å²) >= 11 is 0. The Labute approximate surface area is 261 Å². The van der Waals surface area contributed by atoms with Crippen molar-refractivity contribution in [1.29, 1.82) is 0 Å². The fraction of sp³-hybridized carbons (Fsp3) is 0.528. The van der Waals surface area contributed by atoms with Gasteiger partial charge in [-0.2, -0.15) is 0 Å². The number of fused-ring (bicyclic) bond motifs is 1. The summed E-state index contributed by atoms with van der Waals surface area (Å²) < 4.78 is 6.56. The van der Waals surface area contributed by atoms with Crippen molar-refractivity contribution in [3.8, 4) is 0 Å². The van der Waals surface area contributed by atoms with E-state index in [0.717, 1.165) is 36.9 Å². The molecule has 3 heterocycles. The summed E-state index contributed by atoms with van der Waals surface area (Å²) in [6, 6.07) is 15.2. The molecule has 3 fully saturated rings. The molecule has 2 aromatic carbocycles. The summed E-state index contributed by atoms with van der Waals surface area (Å²) in [6.07, 6.45) is 6.37. The molecule has 8 unspecified atom stereocenters. The Bertz CT molecular complexity index is 1440. The molecule has 8 nitrogen and oxygen atoms in total. The van der Waals surface area contributed by atoms with Crippen LogP contribution in [0.5, 0.6) is 0 Å². The lowest BCUT2D eigenvalue weighted by Gasteiger charge is -2.38. The first kappa shape index (κ1) is 30.5. The first-order valence-electron chi connectivity index (χ1n) is 16.2. The molecule has 234 valence electrons. The predicted molar refractivity (Wildman–Crippen MR) is 171 cm³/mol. The van der Waals surface area contributed by atoms with Crippen molar-refractivity contribution in [2.24, 2.45) is 23.7 Å². The van der Waals surface area contributed by atoms with Crippen molar-refractivity contribution in [2.45, 2.75) is 77.3 Å². The van der Waals surface area contributed by atoms with E-state index < -0.39 is 29.6 Å². The number of likely N-dealkylation sites (N-methyl/N-ethyl adjacent to an activating group) is 1. The van der Waals surface area contributed by atoms with Gasteiger partial charge in [-0.05, 0) is 68.0 Å². The molecule has 6 rings (SSSR count). The van der Waals surface area contributed by atoms with Gasteiger partial charge in [0, 0.05) is 31.4 Å². The molecule has 2 aromatic rings. The molecule has 1 spiro atoms. The molecule has 3 amide bonds. The van der Waals surface area contributed by atoms with Crippen LogP contribution in [0.15, 0.2) is 60.7 Å². The highest BCUT2D eigenvalue weighted by molar-refractivity contribution is 6.02. The molecular formula is C36H46N4O4. The highest BCUT2D eigenvalue weighted by atomic mass is 16.5. The molecular weight excluding hydrogens is 552 g/mol. The number of rotatable bonds is 9. The number of nitrogens with one attached hydrogen (secondary N) is 2. The van der Waals surface area contributed by atoms with E-state index in [-0.39, 0.29) is 23.8 Å². The number of likely N-dealkylation sites (tertiary alicyclic amines) is 1. The van der Waals surface area contributed by atoms with Gasteiger partial charge in [-0.3, -0.25) is 14.4 Å². The Morgan fingerprint density at radius 2 is 1.82 bits per heavy atom. The number of hydrogen-bond donors (Lipinski definition) is 2. The molecule has 8 heteroatoms. The van der Waals surface area contributed by atoms with Crippen LogP contribution in [-0.2, 0) is 25.7 Å². The van der Waals surface area contributed by atoms with Crippen molar-refractivity contribution < 1.29 is 19.1 Å². The van der Waals surface area contributed by atoms with E-state index in [1.54, 1.807) is 4.90 Å². The van der Waals surface area contributed by atoms with E-state index >= 15 is 0 Å². The molecule has 8 atom stereocenters. The van der Waals surface area contributed by atoms with Gasteiger partial charge in [0.2, 0.25) is 17.7 Å². The third kappa shape index (κ3) is 5.47. The van der Waals surface area contributed by atoms with Gasteiger partial charge in [0.1, 0.15) is 11.6 Å². The fourth-order valence-corrected chi connectivity index (χ4v) is 7.85. The molecule has 2 saturated heterocycles. The first-order valence-corrected chi connectivity index (χ1v) is 16.2. The summed E-state index contributed by atoms with van der Waals surface area (Å²) in [5, 5.41) is 6.39. The van der Waals surface area contributed by atoms with Gasteiger partial charge in [-0.15, -0.1) is 0 Å². The maximum Gasteiger partial charge on any atom is 0.246 e. The van der Waals surface area contributed by atoms with Crippen LogP contribution in [0.1, 0.15) is 49.8 Å². The molecule has 2 bridgehead atoms. The van der Waals surface area contributed by atoms with Gasteiger partial charge in [-0.25, -0.2) is 0 Å². The second kappa shape index (κ2) is 12.1. The largest absolute Gasteiger partial charge is 0.359 e. The SMILES string of the molecule is Cc1ccc(NC(=O)C2C3C=CC4(O3)C2C(=O)N(CCN(C)Cc2ccccc2)C4C(=O)NC2CCCC(C)C2C)cc1C. The number of carbonyl (C=O) groups excluding carboxylic acids is 3. The molecule has 2 N–H and O–H groups in total. The van der Waals surface area contributed by atoms with Gasteiger partial charge >= 0.3 is 0 Å². The molecule has 44 heavy (non-hydrogen) atoms. The topological polar surface area (TPSA) is 91.0 Å². The number of anilines is 1. The van der Waals surface area contributed by atoms with E-state index in [1.165, 1.54) is 5.56 Å². The number of hydrogen-bond acceptors (Lipinski definition) is 5. The van der Waals surface area contributed by atoms with Gasteiger partial charge in [0.05, 0.1) is 17.9 Å². The number of benzene rings is 2. The van der Waals surface area contributed by atoms with Crippen molar-refractivity contribution in [1.82, 2.24) is 15.1 Å². The monoisotopic (exact) mass is 598 g/mol. The summed E-state index contributed by atoms with van der Waals surface area (Å²) in [7, 11) is 2.02. The smallest absolute Gasteiger partial charge is 0.246 e. The highest BCUT2D eigenvalue weighted by Crippen LogP contribution is 2.55. The second-order valence-corrected chi connectivity index (χ2v) is 13.6. The lowest BCUT2D eigenvalue weighted by atomic mass is 9.73. The van der Waals surface area contributed by atoms with Crippen molar-refractivity contribution in [3.05, 3.63) is 77.4 Å². The van der Waals surface area contributed by atoms with E-state index in [9.17, 15) is 14.4 Å². The van der Waals surface area contributed by atoms with Gasteiger partial charge < -0.3 is 25.2 Å². The van der Waals surface area contributed by atoms with Crippen LogP contribution in [0.2, 0.25) is 0 Å². The van der Waals surface area contributed by atoms with E-state index in [1.807, 2.05) is 69.4 Å². The maximum absolute atomic E-state index is 14.4. The quantitative estimate of drug-likeness (QED) is 0.416. The Morgan fingerprint density at radius 3 is 2.57 bits per heavy atom. The Kier molecular flexibility index (Phi) is 8.42. The Morgan fingerprint density at radius 1 is 1.05 bits per heavy atom. The van der Waals surface area contributed by atoms with Crippen LogP contribution in [0.4, 0.5) is 5.69 Å². The van der Waals surface area contributed by atoms with E-state index in [2.05, 4.69) is 41.5 Å². The molecule has 0 aromatic heterocycles. The van der Waals surface area contributed by atoms with Gasteiger partial charge in [-0.1, -0.05) is 75.2 Å². The third-order valence-corrected chi connectivity index (χ3v) is 10.8. The molecule has 0 radical (unpaired) electrons. The summed E-state index contributed by atoms with van der Waals surface area (Å²) in [4.78, 5) is 46.3. The normalized spacial score (nSPS) is 32.3. The molecule has 1 aliphatic carbocycles. The second-order valence-electron chi connectivity index (χ2n) is 13.6. The minimum absolute atomic E-state index is 0.0471. The van der Waals surface area contributed by atoms with Crippen LogP contribution in [0.25, 0.3) is 0 Å². The number of aryl methyl sites for hydroxylation is 2. The summed E-state index contributed by atoms with van der Waals surface area (Å²) in [5.41, 5.74) is 2.93. The van der Waals surface area contributed by atoms with Crippen molar-refractivity contribution >= 4 is 23.4 Å². The van der Waals surface area contributed by atoms with Crippen LogP contribution in [-0.4, -0.2) is 71.4 Å². The molecule has 4 aliphatic rings. The minimum Gasteiger partial charge on any atom is -0.359 e. The van der Waals surface area contributed by atoms with Gasteiger partial charge in [0.15, 0.2) is 0 Å². The predicted octanol–water partition coefficient (Wildman–Crippen LogP) is 4.47. The zero-order valence-electron chi connectivity index (χ0n) is 26.6. The van der Waals surface area contributed by atoms with Gasteiger partial charge in [0.25, 0.3) is 0 Å². The van der Waals surface area contributed by atoms with Crippen LogP contribution >= 0.6 is 0 Å². The lowest BCUT2D eigenvalue weighted by Crippen LogP contribution is -2.58. The lowest BCUT2D eigenvalue weighted by molar-refractivity contribution is -0.141. The zero-order valence-corrected chi connectivity index (χ0v) is 26.6. The fourth-order valence-electron chi connectivity index (χ4n) is 7.85. The van der Waals surface area contributed by atoms with E-state index in [4.69, 9.17) is 4.74 Å². The van der Waals surface area contributed by atoms with E-state index in [0.29, 0.717) is 30.6 Å². The third-order valence-electron chi connectivity index (χ3n) is 10.8. The minimum atomic E-state index is -1.17. The zero-order chi connectivity index (χ0) is 31.2. The van der Waals surface area contributed by atoms with Crippen LogP contribution in [0, 0.1) is 37.5 Å². The maximum atomic E-state index is 14.4. The average Bonchev–Trinajstić information content (AvgIpc) is 3.64. The standard InChI is InChI=1S/C36H46N4O4/c1-22-14-15-27(20-24(22)3)37-33(41)30-29-16-17-36(44-29)31(30)35(43)40(19-18-39(5)21-26-11-7-6-8-12-26)32(36)34(42)38-28-13-9-10-23(2)25(28)4/h6-8,11-12,14-17,20,23,25,28-32H,9-10,13,18-19,21H2,1-5H3,(H,37,41)(H,38,42). The number of ether oxygens (including phenoxy) is 1. The number of nitrogens with zero attached hydrogens (tertiary/aromatic N) is 2. The van der Waals surface area contributed by atoms with Crippen LogP contribution < -0.4 is 10.6 Å². The van der Waals surface area contributed by atoms with Crippen molar-refractivity contribution in [3.63, 3.8) is 0 Å². The molecule has 1 saturated carbocycles. The Balaban J connectivity index is 1.26. The number of carbonyl (C=O) groups is 3.